The van der Waals surface area contributed by atoms with E-state index in [9.17, 15) is 19.0 Å². The lowest BCUT2D eigenvalue weighted by Crippen LogP contribution is -2.29. The zero-order valence-electron chi connectivity index (χ0n) is 38.4. The number of hydrogen-bond acceptors (Lipinski definition) is 8. The highest BCUT2D eigenvalue weighted by molar-refractivity contribution is 7.47. The number of allylic oxidation sites excluding steroid dienone is 16. The number of esters is 2. The van der Waals surface area contributed by atoms with E-state index in [1.807, 2.05) is 0 Å². The first kappa shape index (κ1) is 57.9. The first-order chi connectivity index (χ1) is 29.8. The zero-order chi connectivity index (χ0) is 44.6. The van der Waals surface area contributed by atoms with Gasteiger partial charge in [0.15, 0.2) is 6.10 Å². The van der Waals surface area contributed by atoms with Crippen molar-refractivity contribution in [3.63, 3.8) is 0 Å². The number of phosphoric ester groups is 1. The van der Waals surface area contributed by atoms with Crippen LogP contribution in [0.5, 0.6) is 0 Å². The molecule has 0 spiro atoms. The van der Waals surface area contributed by atoms with E-state index in [0.29, 0.717) is 12.8 Å². The van der Waals surface area contributed by atoms with Gasteiger partial charge in [-0.05, 0) is 89.9 Å². The smallest absolute Gasteiger partial charge is 0.462 e. The Balaban J connectivity index is 4.09. The minimum absolute atomic E-state index is 0.0453. The lowest BCUT2D eigenvalue weighted by Gasteiger charge is -2.19. The van der Waals surface area contributed by atoms with Crippen LogP contribution in [0.15, 0.2) is 97.2 Å². The van der Waals surface area contributed by atoms with E-state index in [1.165, 1.54) is 32.1 Å². The predicted octanol–water partition coefficient (Wildman–Crippen LogP) is 14.2. The van der Waals surface area contributed by atoms with E-state index in [2.05, 4.69) is 111 Å². The van der Waals surface area contributed by atoms with Crippen molar-refractivity contribution in [1.29, 1.82) is 0 Å². The Labute approximate surface area is 372 Å². The molecule has 0 rings (SSSR count). The standard InChI is InChI=1S/C51H86NO8P/c1-3-5-7-9-11-13-15-16-17-18-19-20-21-22-23-24-25-26-27-28-29-30-31-32-34-36-38-40-42-44-51(54)60-49(48-59-61(55,56)58-46-45-52)47-57-50(53)43-41-39-37-35-33-14-12-10-8-6-4-2/h5,7,10-13,16-17,19-20,22-23,25-26,28-29,49H,3-4,6,8-9,14-15,18,21,24,27,30-48,52H2,1-2H3,(H,55,56)/b7-5-,12-10-,13-11-,17-16-,20-19-,23-22-,26-25-,29-28-. The van der Waals surface area contributed by atoms with Gasteiger partial charge in [0.25, 0.3) is 0 Å². The highest BCUT2D eigenvalue weighted by Crippen LogP contribution is 2.43. The van der Waals surface area contributed by atoms with Gasteiger partial charge in [-0.3, -0.25) is 18.6 Å². The van der Waals surface area contributed by atoms with Crippen molar-refractivity contribution in [2.75, 3.05) is 26.4 Å². The van der Waals surface area contributed by atoms with Crippen molar-refractivity contribution in [2.45, 2.75) is 187 Å². The quantitative estimate of drug-likeness (QED) is 0.0266. The number of rotatable bonds is 43. The molecule has 0 radical (unpaired) electrons. The summed E-state index contributed by atoms with van der Waals surface area (Å²) in [5.74, 6) is -0.861. The summed E-state index contributed by atoms with van der Waals surface area (Å²) in [6.45, 7) is 3.53. The molecular formula is C51H86NO8P. The molecule has 0 aromatic heterocycles. The SMILES string of the molecule is CC/C=C\C/C=C\C/C=C\C/C=C\C/C=C\C/C=C\C/C=C\CCCCCCCCCC(=O)OC(COC(=O)CCCCCCC/C=C\CCCC)COP(=O)(O)OCCN. The molecule has 0 saturated heterocycles. The second kappa shape index (κ2) is 46.4. The largest absolute Gasteiger partial charge is 0.472 e. The molecular weight excluding hydrogens is 786 g/mol. The average Bonchev–Trinajstić information content (AvgIpc) is 3.25. The Morgan fingerprint density at radius 2 is 0.902 bits per heavy atom. The van der Waals surface area contributed by atoms with E-state index in [0.717, 1.165) is 109 Å². The van der Waals surface area contributed by atoms with Gasteiger partial charge in [-0.1, -0.05) is 175 Å². The third kappa shape index (κ3) is 46.3. The summed E-state index contributed by atoms with van der Waals surface area (Å²) in [6.07, 6.45) is 60.2. The molecule has 3 N–H and O–H groups in total. The van der Waals surface area contributed by atoms with Crippen LogP contribution in [0.2, 0.25) is 0 Å². The van der Waals surface area contributed by atoms with Crippen LogP contribution in [-0.4, -0.2) is 49.3 Å². The molecule has 0 bridgehead atoms. The van der Waals surface area contributed by atoms with Crippen molar-refractivity contribution in [3.05, 3.63) is 97.2 Å². The van der Waals surface area contributed by atoms with Crippen molar-refractivity contribution < 1.29 is 37.6 Å². The third-order valence-corrected chi connectivity index (χ3v) is 10.4. The summed E-state index contributed by atoms with van der Waals surface area (Å²) in [5.41, 5.74) is 5.35. The molecule has 0 aromatic carbocycles. The number of unbranched alkanes of at least 4 members (excludes halogenated alkanes) is 14. The molecule has 0 amide bonds. The van der Waals surface area contributed by atoms with Crippen molar-refractivity contribution in [2.24, 2.45) is 5.73 Å². The molecule has 0 aliphatic rings. The molecule has 2 unspecified atom stereocenters. The van der Waals surface area contributed by atoms with Gasteiger partial charge in [0, 0.05) is 19.4 Å². The van der Waals surface area contributed by atoms with Gasteiger partial charge >= 0.3 is 19.8 Å². The summed E-state index contributed by atoms with van der Waals surface area (Å²) in [5, 5.41) is 0. The lowest BCUT2D eigenvalue weighted by molar-refractivity contribution is -0.161. The maximum atomic E-state index is 12.6. The summed E-state index contributed by atoms with van der Waals surface area (Å²) in [4.78, 5) is 34.9. The molecule has 0 fully saturated rings. The summed E-state index contributed by atoms with van der Waals surface area (Å²) < 4.78 is 32.8. The molecule has 2 atom stereocenters. The van der Waals surface area contributed by atoms with Crippen LogP contribution in [0.4, 0.5) is 0 Å². The molecule has 61 heavy (non-hydrogen) atoms. The van der Waals surface area contributed by atoms with E-state index in [1.54, 1.807) is 0 Å². The van der Waals surface area contributed by atoms with Crippen LogP contribution in [0.3, 0.4) is 0 Å². The van der Waals surface area contributed by atoms with Gasteiger partial charge in [-0.15, -0.1) is 0 Å². The molecule has 0 aliphatic carbocycles. The number of hydrogen-bond donors (Lipinski definition) is 2. The maximum Gasteiger partial charge on any atom is 0.472 e. The van der Waals surface area contributed by atoms with Gasteiger partial charge in [0.2, 0.25) is 0 Å². The topological polar surface area (TPSA) is 134 Å². The average molecular weight is 872 g/mol. The van der Waals surface area contributed by atoms with E-state index < -0.39 is 32.5 Å². The fourth-order valence-electron chi connectivity index (χ4n) is 5.95. The third-order valence-electron chi connectivity index (χ3n) is 9.45. The van der Waals surface area contributed by atoms with Crippen LogP contribution in [0, 0.1) is 0 Å². The molecule has 9 nitrogen and oxygen atoms in total. The number of carbonyl (C=O) groups excluding carboxylic acids is 2. The Morgan fingerprint density at radius 1 is 0.508 bits per heavy atom. The second-order valence-corrected chi connectivity index (χ2v) is 16.7. The second-order valence-electron chi connectivity index (χ2n) is 15.2. The van der Waals surface area contributed by atoms with Crippen LogP contribution in [0.1, 0.15) is 181 Å². The van der Waals surface area contributed by atoms with Crippen molar-refractivity contribution in [3.8, 4) is 0 Å². The fourth-order valence-corrected chi connectivity index (χ4v) is 6.71. The fraction of sp³-hybridized carbons (Fsp3) is 0.647. The molecule has 0 aromatic rings. The van der Waals surface area contributed by atoms with Gasteiger partial charge in [-0.25, -0.2) is 4.57 Å². The molecule has 10 heteroatoms. The number of nitrogens with two attached hydrogens (primary N) is 1. The van der Waals surface area contributed by atoms with E-state index >= 15 is 0 Å². The Morgan fingerprint density at radius 3 is 1.36 bits per heavy atom. The molecule has 0 saturated carbocycles. The van der Waals surface area contributed by atoms with Crippen molar-refractivity contribution in [1.82, 2.24) is 0 Å². The van der Waals surface area contributed by atoms with Gasteiger partial charge in [-0.2, -0.15) is 0 Å². The van der Waals surface area contributed by atoms with E-state index in [4.69, 9.17) is 24.3 Å². The monoisotopic (exact) mass is 872 g/mol. The molecule has 348 valence electrons. The number of phosphoric acid groups is 1. The summed E-state index contributed by atoms with van der Waals surface area (Å²) in [7, 11) is -4.39. The Bertz CT molecular complexity index is 1320. The Hall–Kier alpha value is -3.07. The number of ether oxygens (including phenoxy) is 2. The molecule has 0 heterocycles. The highest BCUT2D eigenvalue weighted by atomic mass is 31.2. The normalized spacial score (nSPS) is 14.1. The highest BCUT2D eigenvalue weighted by Gasteiger charge is 2.26. The van der Waals surface area contributed by atoms with Gasteiger partial charge in [0.1, 0.15) is 6.61 Å². The lowest BCUT2D eigenvalue weighted by atomic mass is 10.1. The van der Waals surface area contributed by atoms with Gasteiger partial charge < -0.3 is 20.1 Å². The first-order valence-corrected chi connectivity index (χ1v) is 25.2. The van der Waals surface area contributed by atoms with Crippen molar-refractivity contribution >= 4 is 19.8 Å². The van der Waals surface area contributed by atoms with Crippen LogP contribution in [-0.2, 0) is 32.7 Å². The number of carbonyl (C=O) groups is 2. The van der Waals surface area contributed by atoms with Crippen LogP contribution in [0.25, 0.3) is 0 Å². The maximum absolute atomic E-state index is 12.6. The summed E-state index contributed by atoms with van der Waals surface area (Å²) in [6, 6.07) is 0. The van der Waals surface area contributed by atoms with Crippen LogP contribution < -0.4 is 5.73 Å². The Kier molecular flexibility index (Phi) is 44.1. The minimum Gasteiger partial charge on any atom is -0.462 e. The van der Waals surface area contributed by atoms with E-state index in [-0.39, 0.29) is 32.6 Å². The zero-order valence-corrected chi connectivity index (χ0v) is 39.3. The predicted molar refractivity (Wildman–Crippen MR) is 256 cm³/mol. The molecule has 0 aliphatic heterocycles. The van der Waals surface area contributed by atoms with Gasteiger partial charge in [0.05, 0.1) is 13.2 Å². The van der Waals surface area contributed by atoms with Crippen LogP contribution >= 0.6 is 7.82 Å². The summed E-state index contributed by atoms with van der Waals surface area (Å²) >= 11 is 0. The first-order valence-electron chi connectivity index (χ1n) is 23.7. The minimum atomic E-state index is -4.39.